The standard InChI is InChI=1S/C17H17BrClN3/c18-15-7-2-1-4-12(15)11-16(22-9-8-21-17(22)20)13-5-3-6-14(19)10-13/h1-7,10,16H,8-9,11H2,(H2,20,21). The molecule has 0 aromatic heterocycles. The highest BCUT2D eigenvalue weighted by molar-refractivity contribution is 9.10. The lowest BCUT2D eigenvalue weighted by Gasteiger charge is -2.30. The summed E-state index contributed by atoms with van der Waals surface area (Å²) in [6, 6.07) is 16.4. The van der Waals surface area contributed by atoms with E-state index in [1.165, 1.54) is 5.56 Å². The Morgan fingerprint density at radius 2 is 2.05 bits per heavy atom. The average Bonchev–Trinajstić information content (AvgIpc) is 2.92. The molecule has 3 rings (SSSR count). The van der Waals surface area contributed by atoms with E-state index >= 15 is 0 Å². The number of nitrogens with two attached hydrogens (primary N) is 1. The summed E-state index contributed by atoms with van der Waals surface area (Å²) in [6.07, 6.45) is 0.845. The molecule has 0 saturated heterocycles. The summed E-state index contributed by atoms with van der Waals surface area (Å²) in [5.41, 5.74) is 8.48. The Morgan fingerprint density at radius 3 is 2.73 bits per heavy atom. The maximum atomic E-state index is 6.18. The van der Waals surface area contributed by atoms with Crippen molar-refractivity contribution < 1.29 is 0 Å². The van der Waals surface area contributed by atoms with Crippen molar-refractivity contribution in [3.05, 3.63) is 69.2 Å². The summed E-state index contributed by atoms with van der Waals surface area (Å²) >= 11 is 9.81. The van der Waals surface area contributed by atoms with Crippen LogP contribution >= 0.6 is 27.5 Å². The molecule has 0 bridgehead atoms. The number of aliphatic imine (C=N–C) groups is 1. The summed E-state index contributed by atoms with van der Waals surface area (Å²) in [7, 11) is 0. The Kier molecular flexibility index (Phi) is 4.69. The van der Waals surface area contributed by atoms with E-state index in [-0.39, 0.29) is 6.04 Å². The van der Waals surface area contributed by atoms with Crippen molar-refractivity contribution in [2.45, 2.75) is 12.5 Å². The summed E-state index contributed by atoms with van der Waals surface area (Å²) < 4.78 is 1.11. The summed E-state index contributed by atoms with van der Waals surface area (Å²) in [5, 5.41) is 0.740. The van der Waals surface area contributed by atoms with E-state index in [0.29, 0.717) is 5.96 Å². The van der Waals surface area contributed by atoms with Crippen LogP contribution in [0.25, 0.3) is 0 Å². The van der Waals surface area contributed by atoms with Gasteiger partial charge in [-0.1, -0.05) is 57.9 Å². The van der Waals surface area contributed by atoms with Gasteiger partial charge in [-0.3, -0.25) is 4.99 Å². The molecule has 0 fully saturated rings. The number of hydrogen-bond donors (Lipinski definition) is 1. The van der Waals surface area contributed by atoms with Crippen LogP contribution in [0.1, 0.15) is 17.2 Å². The minimum absolute atomic E-state index is 0.128. The van der Waals surface area contributed by atoms with Crippen LogP contribution in [0.15, 0.2) is 58.0 Å². The summed E-state index contributed by atoms with van der Waals surface area (Å²) in [6.45, 7) is 1.59. The highest BCUT2D eigenvalue weighted by Gasteiger charge is 2.26. The molecule has 2 aromatic rings. The Hall–Kier alpha value is -1.52. The fourth-order valence-corrected chi connectivity index (χ4v) is 3.43. The van der Waals surface area contributed by atoms with Gasteiger partial charge in [0.1, 0.15) is 0 Å². The molecule has 1 aliphatic rings. The third-order valence-electron chi connectivity index (χ3n) is 3.89. The van der Waals surface area contributed by atoms with Crippen molar-refractivity contribution in [3.8, 4) is 0 Å². The number of halogens is 2. The zero-order chi connectivity index (χ0) is 15.5. The normalized spacial score (nSPS) is 15.7. The lowest BCUT2D eigenvalue weighted by atomic mass is 9.97. The number of nitrogens with zero attached hydrogens (tertiary/aromatic N) is 2. The van der Waals surface area contributed by atoms with E-state index in [4.69, 9.17) is 17.3 Å². The third-order valence-corrected chi connectivity index (χ3v) is 4.90. The van der Waals surface area contributed by atoms with Gasteiger partial charge in [-0.25, -0.2) is 0 Å². The van der Waals surface area contributed by atoms with Crippen LogP contribution in [0.2, 0.25) is 5.02 Å². The molecular formula is C17H17BrClN3. The number of benzene rings is 2. The van der Waals surface area contributed by atoms with Gasteiger partial charge in [0, 0.05) is 16.0 Å². The van der Waals surface area contributed by atoms with E-state index in [1.54, 1.807) is 0 Å². The Bertz CT molecular complexity index is 702. The molecule has 0 aliphatic carbocycles. The van der Waals surface area contributed by atoms with Crippen LogP contribution in [0.5, 0.6) is 0 Å². The van der Waals surface area contributed by atoms with Crippen LogP contribution < -0.4 is 5.73 Å². The Morgan fingerprint density at radius 1 is 1.23 bits per heavy atom. The topological polar surface area (TPSA) is 41.6 Å². The predicted octanol–water partition coefficient (Wildman–Crippen LogP) is 4.02. The van der Waals surface area contributed by atoms with Gasteiger partial charge in [0.05, 0.1) is 12.6 Å². The molecule has 2 aromatic carbocycles. The smallest absolute Gasteiger partial charge is 0.191 e. The van der Waals surface area contributed by atoms with Crippen LogP contribution in [0.3, 0.4) is 0 Å². The van der Waals surface area contributed by atoms with Gasteiger partial charge in [-0.2, -0.15) is 0 Å². The third kappa shape index (κ3) is 3.28. The van der Waals surface area contributed by atoms with E-state index in [9.17, 15) is 0 Å². The predicted molar refractivity (Wildman–Crippen MR) is 95.2 cm³/mol. The molecule has 2 N–H and O–H groups in total. The first-order valence-electron chi connectivity index (χ1n) is 7.20. The maximum Gasteiger partial charge on any atom is 0.191 e. The van der Waals surface area contributed by atoms with Gasteiger partial charge < -0.3 is 10.6 Å². The van der Waals surface area contributed by atoms with Gasteiger partial charge in [0.15, 0.2) is 5.96 Å². The first-order valence-corrected chi connectivity index (χ1v) is 8.37. The fourth-order valence-electron chi connectivity index (χ4n) is 2.79. The lowest BCUT2D eigenvalue weighted by Crippen LogP contribution is -2.38. The van der Waals surface area contributed by atoms with Gasteiger partial charge >= 0.3 is 0 Å². The number of rotatable bonds is 4. The molecule has 1 unspecified atom stereocenters. The van der Waals surface area contributed by atoms with Crippen LogP contribution in [-0.4, -0.2) is 23.9 Å². The lowest BCUT2D eigenvalue weighted by molar-refractivity contribution is 0.337. The van der Waals surface area contributed by atoms with Crippen molar-refractivity contribution in [1.82, 2.24) is 4.90 Å². The van der Waals surface area contributed by atoms with Gasteiger partial charge in [0.25, 0.3) is 0 Å². The van der Waals surface area contributed by atoms with Gasteiger partial charge in [0.2, 0.25) is 0 Å². The van der Waals surface area contributed by atoms with E-state index in [0.717, 1.165) is 34.6 Å². The largest absolute Gasteiger partial charge is 0.370 e. The van der Waals surface area contributed by atoms with Crippen molar-refractivity contribution in [1.29, 1.82) is 0 Å². The van der Waals surface area contributed by atoms with Crippen LogP contribution in [0, 0.1) is 0 Å². The first-order chi connectivity index (χ1) is 10.6. The zero-order valence-corrected chi connectivity index (χ0v) is 14.4. The second-order valence-electron chi connectivity index (χ2n) is 5.30. The van der Waals surface area contributed by atoms with Crippen molar-refractivity contribution in [2.24, 2.45) is 10.7 Å². The quantitative estimate of drug-likeness (QED) is 0.873. The maximum absolute atomic E-state index is 6.18. The van der Waals surface area contributed by atoms with Gasteiger partial charge in [-0.15, -0.1) is 0 Å². The molecule has 114 valence electrons. The van der Waals surface area contributed by atoms with E-state index in [1.807, 2.05) is 24.3 Å². The first kappa shape index (κ1) is 15.4. The summed E-state index contributed by atoms with van der Waals surface area (Å²) in [4.78, 5) is 6.48. The van der Waals surface area contributed by atoms with Crippen LogP contribution in [0.4, 0.5) is 0 Å². The minimum atomic E-state index is 0.128. The number of hydrogen-bond acceptors (Lipinski definition) is 3. The minimum Gasteiger partial charge on any atom is -0.370 e. The molecule has 5 heteroatoms. The Labute approximate surface area is 143 Å². The van der Waals surface area contributed by atoms with Crippen molar-refractivity contribution in [3.63, 3.8) is 0 Å². The highest BCUT2D eigenvalue weighted by Crippen LogP contribution is 2.30. The molecular weight excluding hydrogens is 362 g/mol. The highest BCUT2D eigenvalue weighted by atomic mass is 79.9. The second-order valence-corrected chi connectivity index (χ2v) is 6.59. The van der Waals surface area contributed by atoms with Crippen molar-refractivity contribution in [2.75, 3.05) is 13.1 Å². The fraction of sp³-hybridized carbons (Fsp3) is 0.235. The molecule has 1 heterocycles. The Balaban J connectivity index is 1.96. The molecule has 0 amide bonds. The molecule has 1 atom stereocenters. The van der Waals surface area contributed by atoms with Gasteiger partial charge in [-0.05, 0) is 35.7 Å². The SMILES string of the molecule is NC1=NCCN1C(Cc1ccccc1Br)c1cccc(Cl)c1. The van der Waals surface area contributed by atoms with Crippen molar-refractivity contribution >= 4 is 33.5 Å². The summed E-state index contributed by atoms with van der Waals surface area (Å²) in [5.74, 6) is 0.608. The molecule has 22 heavy (non-hydrogen) atoms. The monoisotopic (exact) mass is 377 g/mol. The second kappa shape index (κ2) is 6.71. The molecule has 3 nitrogen and oxygen atoms in total. The molecule has 1 aliphatic heterocycles. The average molecular weight is 379 g/mol. The molecule has 0 spiro atoms. The molecule has 0 radical (unpaired) electrons. The van der Waals surface area contributed by atoms with E-state index in [2.05, 4.69) is 50.1 Å². The van der Waals surface area contributed by atoms with Crippen LogP contribution in [-0.2, 0) is 6.42 Å². The van der Waals surface area contributed by atoms with E-state index < -0.39 is 0 Å². The molecule has 0 saturated carbocycles. The number of guanidine groups is 1. The zero-order valence-electron chi connectivity index (χ0n) is 12.0.